The van der Waals surface area contributed by atoms with Crippen molar-refractivity contribution in [1.29, 1.82) is 0 Å². The maximum Gasteiger partial charge on any atom is 0.337 e. The van der Waals surface area contributed by atoms with Crippen LogP contribution in [0.15, 0.2) is 18.2 Å². The molecule has 1 aromatic carbocycles. The zero-order valence-corrected chi connectivity index (χ0v) is 12.0. The summed E-state index contributed by atoms with van der Waals surface area (Å²) >= 11 is 6.54. The number of carboxylic acid groups (broad SMARTS) is 1. The first kappa shape index (κ1) is 15.3. The van der Waals surface area contributed by atoms with E-state index < -0.39 is 29.6 Å². The van der Waals surface area contributed by atoms with E-state index in [1.54, 1.807) is 0 Å². The molecule has 1 aromatic rings. The topological polar surface area (TPSA) is 104 Å². The summed E-state index contributed by atoms with van der Waals surface area (Å²) in [6.07, 6.45) is 0. The molecule has 110 valence electrons. The second-order valence-electron chi connectivity index (χ2n) is 4.08. The van der Waals surface area contributed by atoms with Crippen molar-refractivity contribution >= 4 is 52.1 Å². The minimum absolute atomic E-state index is 0.0240. The highest BCUT2D eigenvalue weighted by atomic mass is 35.5. The van der Waals surface area contributed by atoms with Crippen LogP contribution in [0.4, 0.5) is 10.5 Å². The van der Waals surface area contributed by atoms with E-state index in [2.05, 4.69) is 5.32 Å². The fraction of sp³-hybridized carbons (Fsp3) is 0.167. The van der Waals surface area contributed by atoms with E-state index in [0.717, 1.165) is 16.7 Å². The number of thioether (sulfide) groups is 1. The number of benzene rings is 1. The predicted molar refractivity (Wildman–Crippen MR) is 76.6 cm³/mol. The van der Waals surface area contributed by atoms with Crippen LogP contribution in [-0.2, 0) is 9.59 Å². The Morgan fingerprint density at radius 2 is 2.10 bits per heavy atom. The molecule has 1 aliphatic rings. The lowest BCUT2D eigenvalue weighted by molar-refractivity contribution is -0.128. The summed E-state index contributed by atoms with van der Waals surface area (Å²) in [5.41, 5.74) is 0.0619. The van der Waals surface area contributed by atoms with Crippen molar-refractivity contribution < 1.29 is 24.3 Å². The molecule has 2 rings (SSSR count). The van der Waals surface area contributed by atoms with Gasteiger partial charge in [0, 0.05) is 5.69 Å². The number of aromatic carboxylic acids is 1. The summed E-state index contributed by atoms with van der Waals surface area (Å²) in [5, 5.41) is 10.9. The molecule has 1 heterocycles. The Bertz CT molecular complexity index is 633. The highest BCUT2D eigenvalue weighted by Crippen LogP contribution is 2.21. The van der Waals surface area contributed by atoms with Gasteiger partial charge in [0.05, 0.1) is 16.3 Å². The molecule has 9 heteroatoms. The molecule has 0 atom stereocenters. The Kier molecular flexibility index (Phi) is 4.49. The van der Waals surface area contributed by atoms with Gasteiger partial charge in [-0.1, -0.05) is 23.4 Å². The number of rotatable bonds is 4. The molecule has 0 aromatic heterocycles. The number of anilines is 1. The Balaban J connectivity index is 2.06. The van der Waals surface area contributed by atoms with Crippen LogP contribution in [0.25, 0.3) is 0 Å². The zero-order valence-electron chi connectivity index (χ0n) is 10.5. The first-order chi connectivity index (χ1) is 9.88. The van der Waals surface area contributed by atoms with Crippen LogP contribution in [0, 0.1) is 0 Å². The summed E-state index contributed by atoms with van der Waals surface area (Å²) < 4.78 is 0. The fourth-order valence-corrected chi connectivity index (χ4v) is 2.57. The summed E-state index contributed by atoms with van der Waals surface area (Å²) in [5.74, 6) is -2.23. The molecule has 2 N–H and O–H groups in total. The standard InChI is InChI=1S/C12H9ClN2O5S/c13-8-2-1-6(3-7(8)11(18)19)14-9(16)4-15-10(17)5-21-12(15)20/h1-3H,4-5H2,(H,14,16)(H,18,19). The van der Waals surface area contributed by atoms with E-state index >= 15 is 0 Å². The third kappa shape index (κ3) is 3.53. The number of nitrogens with zero attached hydrogens (tertiary/aromatic N) is 1. The number of carbonyl (C=O) groups excluding carboxylic acids is 3. The molecule has 7 nitrogen and oxygen atoms in total. The molecule has 0 spiro atoms. The first-order valence-corrected chi connectivity index (χ1v) is 7.04. The van der Waals surface area contributed by atoms with Crippen molar-refractivity contribution in [2.45, 2.75) is 0 Å². The first-order valence-electron chi connectivity index (χ1n) is 5.68. The Hall–Kier alpha value is -2.06. The van der Waals surface area contributed by atoms with Crippen molar-refractivity contribution in [2.75, 3.05) is 17.6 Å². The number of hydrogen-bond donors (Lipinski definition) is 2. The van der Waals surface area contributed by atoms with Gasteiger partial charge >= 0.3 is 5.97 Å². The highest BCUT2D eigenvalue weighted by molar-refractivity contribution is 8.14. The minimum atomic E-state index is -1.22. The highest BCUT2D eigenvalue weighted by Gasteiger charge is 2.31. The van der Waals surface area contributed by atoms with E-state index in [4.69, 9.17) is 16.7 Å². The van der Waals surface area contributed by atoms with Gasteiger partial charge in [0.15, 0.2) is 0 Å². The normalized spacial score (nSPS) is 14.4. The van der Waals surface area contributed by atoms with Crippen LogP contribution in [0.2, 0.25) is 5.02 Å². The van der Waals surface area contributed by atoms with Crippen LogP contribution >= 0.6 is 23.4 Å². The van der Waals surface area contributed by atoms with Crippen molar-refractivity contribution in [2.24, 2.45) is 0 Å². The Morgan fingerprint density at radius 1 is 1.38 bits per heavy atom. The average molecular weight is 329 g/mol. The quantitative estimate of drug-likeness (QED) is 0.871. The maximum atomic E-state index is 11.8. The van der Waals surface area contributed by atoms with Gasteiger partial charge in [-0.05, 0) is 18.2 Å². The lowest BCUT2D eigenvalue weighted by atomic mass is 10.2. The number of carboxylic acids is 1. The smallest absolute Gasteiger partial charge is 0.337 e. The van der Waals surface area contributed by atoms with E-state index in [1.165, 1.54) is 18.2 Å². The van der Waals surface area contributed by atoms with Gasteiger partial charge in [0.2, 0.25) is 11.8 Å². The summed E-state index contributed by atoms with van der Waals surface area (Å²) in [7, 11) is 0. The number of imide groups is 1. The predicted octanol–water partition coefficient (Wildman–Crippen LogP) is 1.67. The van der Waals surface area contributed by atoms with Gasteiger partial charge < -0.3 is 10.4 Å². The van der Waals surface area contributed by atoms with Crippen molar-refractivity contribution in [3.63, 3.8) is 0 Å². The van der Waals surface area contributed by atoms with Crippen LogP contribution in [0.3, 0.4) is 0 Å². The molecular formula is C12H9ClN2O5S. The van der Waals surface area contributed by atoms with Crippen molar-refractivity contribution in [1.82, 2.24) is 4.90 Å². The van der Waals surface area contributed by atoms with E-state index in [-0.39, 0.29) is 22.0 Å². The monoisotopic (exact) mass is 328 g/mol. The largest absolute Gasteiger partial charge is 0.478 e. The average Bonchev–Trinajstić information content (AvgIpc) is 2.72. The molecule has 0 aliphatic carbocycles. The van der Waals surface area contributed by atoms with Gasteiger partial charge in [0.1, 0.15) is 6.54 Å². The van der Waals surface area contributed by atoms with Crippen molar-refractivity contribution in [3.8, 4) is 0 Å². The van der Waals surface area contributed by atoms with Crippen LogP contribution in [0.1, 0.15) is 10.4 Å². The Labute approximate surface area is 128 Å². The fourth-order valence-electron chi connectivity index (χ4n) is 1.64. The third-order valence-electron chi connectivity index (χ3n) is 2.62. The van der Waals surface area contributed by atoms with Gasteiger partial charge in [-0.15, -0.1) is 0 Å². The summed E-state index contributed by atoms with van der Waals surface area (Å²) in [4.78, 5) is 46.3. The molecule has 1 saturated heterocycles. The van der Waals surface area contributed by atoms with Gasteiger partial charge in [-0.2, -0.15) is 0 Å². The van der Waals surface area contributed by atoms with Gasteiger partial charge in [0.25, 0.3) is 5.24 Å². The second-order valence-corrected chi connectivity index (χ2v) is 5.42. The van der Waals surface area contributed by atoms with Gasteiger partial charge in [-0.3, -0.25) is 19.3 Å². The van der Waals surface area contributed by atoms with Gasteiger partial charge in [-0.25, -0.2) is 4.79 Å². The second kappa shape index (κ2) is 6.15. The number of hydrogen-bond acceptors (Lipinski definition) is 5. The van der Waals surface area contributed by atoms with E-state index in [0.29, 0.717) is 0 Å². The minimum Gasteiger partial charge on any atom is -0.478 e. The SMILES string of the molecule is O=C(CN1C(=O)CSC1=O)Nc1ccc(Cl)c(C(=O)O)c1. The third-order valence-corrected chi connectivity index (χ3v) is 3.81. The molecule has 0 radical (unpaired) electrons. The molecule has 0 bridgehead atoms. The molecule has 3 amide bonds. The molecule has 1 aliphatic heterocycles. The van der Waals surface area contributed by atoms with Crippen LogP contribution in [-0.4, -0.2) is 45.3 Å². The number of carbonyl (C=O) groups is 4. The Morgan fingerprint density at radius 3 is 2.67 bits per heavy atom. The number of amides is 3. The summed E-state index contributed by atoms with van der Waals surface area (Å²) in [6.45, 7) is -0.407. The van der Waals surface area contributed by atoms with E-state index in [9.17, 15) is 19.2 Å². The molecule has 21 heavy (non-hydrogen) atoms. The lowest BCUT2D eigenvalue weighted by Gasteiger charge is -2.13. The van der Waals surface area contributed by atoms with Crippen LogP contribution < -0.4 is 5.32 Å². The van der Waals surface area contributed by atoms with Crippen LogP contribution in [0.5, 0.6) is 0 Å². The lowest BCUT2D eigenvalue weighted by Crippen LogP contribution is -2.36. The van der Waals surface area contributed by atoms with E-state index in [1.807, 2.05) is 0 Å². The molecular weight excluding hydrogens is 320 g/mol. The maximum absolute atomic E-state index is 11.8. The zero-order chi connectivity index (χ0) is 15.6. The molecule has 0 unspecified atom stereocenters. The number of halogens is 1. The number of nitrogens with one attached hydrogen (secondary N) is 1. The van der Waals surface area contributed by atoms with Crippen molar-refractivity contribution in [3.05, 3.63) is 28.8 Å². The molecule has 1 fully saturated rings. The summed E-state index contributed by atoms with van der Waals surface area (Å²) in [6, 6.07) is 3.96. The molecule has 0 saturated carbocycles.